The Balaban J connectivity index is 3.95. The van der Waals surface area contributed by atoms with Crippen LogP contribution in [0, 0.1) is 0 Å². The lowest BCUT2D eigenvalue weighted by atomic mass is 10.0. The summed E-state index contributed by atoms with van der Waals surface area (Å²) in [4.78, 5) is 38.1. The van der Waals surface area contributed by atoms with Gasteiger partial charge < -0.3 is 14.2 Å². The SMILES string of the molecule is CCCCCCCC/C=C\CCCCCCCCCCCC(=O)OC(COC(=O)CCCCCCCCC)COC(=O)CCCCCCCCCCCCCCCCCCCCCCC/C=C\CCCCCCCCCC. The molecule has 0 rings (SSSR count). The molecular weight excluding hydrogens is 949 g/mol. The Morgan fingerprint density at radius 2 is 0.429 bits per heavy atom. The fourth-order valence-electron chi connectivity index (χ4n) is 10.7. The summed E-state index contributed by atoms with van der Waals surface area (Å²) in [6, 6.07) is 0. The highest BCUT2D eigenvalue weighted by molar-refractivity contribution is 5.71. The molecule has 0 aromatic heterocycles. The monoisotopic (exact) mass is 1080 g/mol. The van der Waals surface area contributed by atoms with E-state index in [1.165, 1.54) is 295 Å². The molecule has 0 aromatic rings. The minimum atomic E-state index is -0.767. The molecule has 0 N–H and O–H groups in total. The summed E-state index contributed by atoms with van der Waals surface area (Å²) < 4.78 is 16.9. The number of hydrogen-bond acceptors (Lipinski definition) is 6. The van der Waals surface area contributed by atoms with Crippen molar-refractivity contribution in [2.24, 2.45) is 0 Å². The second-order valence-corrected chi connectivity index (χ2v) is 23.8. The zero-order valence-electron chi connectivity index (χ0n) is 52.3. The third-order valence-electron chi connectivity index (χ3n) is 15.9. The molecule has 77 heavy (non-hydrogen) atoms. The lowest BCUT2D eigenvalue weighted by Gasteiger charge is -2.18. The molecular formula is C71H134O6. The largest absolute Gasteiger partial charge is 0.462 e. The Hall–Kier alpha value is -2.11. The molecule has 0 saturated heterocycles. The van der Waals surface area contributed by atoms with Crippen LogP contribution in [0.1, 0.15) is 393 Å². The highest BCUT2D eigenvalue weighted by Crippen LogP contribution is 2.18. The van der Waals surface area contributed by atoms with Gasteiger partial charge in [-0.15, -0.1) is 0 Å². The van der Waals surface area contributed by atoms with Gasteiger partial charge in [0, 0.05) is 19.3 Å². The van der Waals surface area contributed by atoms with Crippen LogP contribution in [0.25, 0.3) is 0 Å². The third-order valence-corrected chi connectivity index (χ3v) is 15.9. The van der Waals surface area contributed by atoms with Gasteiger partial charge in [-0.1, -0.05) is 328 Å². The van der Waals surface area contributed by atoms with Crippen LogP contribution in [0.3, 0.4) is 0 Å². The van der Waals surface area contributed by atoms with Crippen molar-refractivity contribution in [2.45, 2.75) is 399 Å². The van der Waals surface area contributed by atoms with Crippen LogP contribution in [0.4, 0.5) is 0 Å². The average Bonchev–Trinajstić information content (AvgIpc) is 3.43. The van der Waals surface area contributed by atoms with E-state index in [2.05, 4.69) is 45.1 Å². The number of hydrogen-bond donors (Lipinski definition) is 0. The van der Waals surface area contributed by atoms with Gasteiger partial charge in [-0.25, -0.2) is 0 Å². The van der Waals surface area contributed by atoms with Crippen molar-refractivity contribution in [2.75, 3.05) is 13.2 Å². The van der Waals surface area contributed by atoms with Gasteiger partial charge in [0.25, 0.3) is 0 Å². The van der Waals surface area contributed by atoms with E-state index in [-0.39, 0.29) is 31.1 Å². The van der Waals surface area contributed by atoms with Gasteiger partial charge in [-0.2, -0.15) is 0 Å². The number of carbonyl (C=O) groups is 3. The number of unbranched alkanes of at least 4 members (excludes halogenated alkanes) is 50. The van der Waals surface area contributed by atoms with E-state index >= 15 is 0 Å². The Labute approximate surface area is 481 Å². The second-order valence-electron chi connectivity index (χ2n) is 23.8. The average molecular weight is 1080 g/mol. The molecule has 6 nitrogen and oxygen atoms in total. The predicted octanol–water partition coefficient (Wildman–Crippen LogP) is 23.8. The van der Waals surface area contributed by atoms with Crippen LogP contribution in [0.5, 0.6) is 0 Å². The zero-order valence-corrected chi connectivity index (χ0v) is 52.3. The Kier molecular flexibility index (Phi) is 64.6. The maximum Gasteiger partial charge on any atom is 0.306 e. The van der Waals surface area contributed by atoms with E-state index in [1.807, 2.05) is 0 Å². The molecule has 0 aromatic carbocycles. The van der Waals surface area contributed by atoms with Crippen LogP contribution >= 0.6 is 0 Å². The molecule has 6 heteroatoms. The first kappa shape index (κ1) is 74.9. The third kappa shape index (κ3) is 64.6. The van der Waals surface area contributed by atoms with E-state index in [0.717, 1.165) is 57.8 Å². The van der Waals surface area contributed by atoms with Gasteiger partial charge in [0.05, 0.1) is 0 Å². The molecule has 1 atom stereocenters. The van der Waals surface area contributed by atoms with Gasteiger partial charge in [0.15, 0.2) is 6.10 Å². The summed E-state index contributed by atoms with van der Waals surface area (Å²) in [5.41, 5.74) is 0. The van der Waals surface area contributed by atoms with Crippen LogP contribution in [0.2, 0.25) is 0 Å². The maximum absolute atomic E-state index is 12.9. The van der Waals surface area contributed by atoms with E-state index in [4.69, 9.17) is 14.2 Å². The summed E-state index contributed by atoms with van der Waals surface area (Å²) in [6.07, 6.45) is 81.1. The van der Waals surface area contributed by atoms with Gasteiger partial charge in [0.2, 0.25) is 0 Å². The first-order valence-corrected chi connectivity index (χ1v) is 34.8. The normalized spacial score (nSPS) is 12.1. The zero-order chi connectivity index (χ0) is 55.7. The fourth-order valence-corrected chi connectivity index (χ4v) is 10.7. The smallest absolute Gasteiger partial charge is 0.306 e. The van der Waals surface area contributed by atoms with E-state index in [9.17, 15) is 14.4 Å². The molecule has 0 spiro atoms. The molecule has 454 valence electrons. The molecule has 0 aliphatic heterocycles. The van der Waals surface area contributed by atoms with Crippen molar-refractivity contribution >= 4 is 17.9 Å². The van der Waals surface area contributed by atoms with E-state index in [1.54, 1.807) is 0 Å². The first-order chi connectivity index (χ1) is 38.0. The molecule has 0 heterocycles. The first-order valence-electron chi connectivity index (χ1n) is 34.8. The minimum Gasteiger partial charge on any atom is -0.462 e. The highest BCUT2D eigenvalue weighted by Gasteiger charge is 2.19. The molecule has 0 aliphatic rings. The number of allylic oxidation sites excluding steroid dienone is 4. The van der Waals surface area contributed by atoms with Gasteiger partial charge in [-0.05, 0) is 70.6 Å². The van der Waals surface area contributed by atoms with Crippen molar-refractivity contribution in [3.8, 4) is 0 Å². The number of esters is 3. The summed E-state index contributed by atoms with van der Waals surface area (Å²) in [5, 5.41) is 0. The summed E-state index contributed by atoms with van der Waals surface area (Å²) >= 11 is 0. The Morgan fingerprint density at radius 1 is 0.247 bits per heavy atom. The summed E-state index contributed by atoms with van der Waals surface area (Å²) in [7, 11) is 0. The molecule has 1 unspecified atom stereocenters. The molecule has 0 aliphatic carbocycles. The van der Waals surface area contributed by atoms with E-state index in [0.29, 0.717) is 19.3 Å². The highest BCUT2D eigenvalue weighted by atomic mass is 16.6. The quantitative estimate of drug-likeness (QED) is 0.0261. The summed E-state index contributed by atoms with van der Waals surface area (Å²) in [6.45, 7) is 6.66. The van der Waals surface area contributed by atoms with Gasteiger partial charge >= 0.3 is 17.9 Å². The van der Waals surface area contributed by atoms with Crippen LogP contribution in [-0.4, -0.2) is 37.2 Å². The Morgan fingerprint density at radius 3 is 0.649 bits per heavy atom. The second kappa shape index (κ2) is 66.4. The van der Waals surface area contributed by atoms with Crippen molar-refractivity contribution in [1.82, 2.24) is 0 Å². The van der Waals surface area contributed by atoms with Crippen molar-refractivity contribution in [3.05, 3.63) is 24.3 Å². The number of carbonyl (C=O) groups excluding carboxylic acids is 3. The van der Waals surface area contributed by atoms with Crippen molar-refractivity contribution < 1.29 is 28.6 Å². The van der Waals surface area contributed by atoms with Crippen molar-refractivity contribution in [1.29, 1.82) is 0 Å². The van der Waals surface area contributed by atoms with Gasteiger partial charge in [0.1, 0.15) is 13.2 Å². The maximum atomic E-state index is 12.9. The standard InChI is InChI=1S/C71H134O6/c1-4-7-10-13-16-18-20-22-24-26-28-29-30-31-32-33-34-35-36-37-38-39-40-41-43-44-46-48-50-52-55-58-61-64-70(73)76-67-68(66-75-69(72)63-60-57-54-15-12-9-6-3)77-71(74)65-62-59-56-53-51-49-47-45-42-27-25-23-21-19-17-14-11-8-5-2/h23,25-26,28,68H,4-22,24,27,29-67H2,1-3H3/b25-23-,28-26-. The number of rotatable bonds is 65. The van der Waals surface area contributed by atoms with Crippen LogP contribution in [0.15, 0.2) is 24.3 Å². The fraction of sp³-hybridized carbons (Fsp3) is 0.901. The lowest BCUT2D eigenvalue weighted by molar-refractivity contribution is -0.167. The number of ether oxygens (including phenoxy) is 3. The molecule has 0 amide bonds. The predicted molar refractivity (Wildman–Crippen MR) is 335 cm³/mol. The van der Waals surface area contributed by atoms with Crippen LogP contribution < -0.4 is 0 Å². The molecule has 0 bridgehead atoms. The molecule has 0 saturated carbocycles. The van der Waals surface area contributed by atoms with Gasteiger partial charge in [-0.3, -0.25) is 14.4 Å². The molecule has 0 radical (unpaired) electrons. The Bertz CT molecular complexity index is 1240. The molecule has 0 fully saturated rings. The van der Waals surface area contributed by atoms with Crippen molar-refractivity contribution in [3.63, 3.8) is 0 Å². The lowest BCUT2D eigenvalue weighted by Crippen LogP contribution is -2.30. The minimum absolute atomic E-state index is 0.0664. The summed E-state index contributed by atoms with van der Waals surface area (Å²) in [5.74, 6) is -0.849. The van der Waals surface area contributed by atoms with Crippen LogP contribution in [-0.2, 0) is 28.6 Å². The topological polar surface area (TPSA) is 78.9 Å². The van der Waals surface area contributed by atoms with E-state index < -0.39 is 6.10 Å².